The number of rotatable bonds is 3. The molecule has 6 heteroatoms. The fourth-order valence-electron chi connectivity index (χ4n) is 1.58. The molecule has 0 spiro atoms. The van der Waals surface area contributed by atoms with Crippen molar-refractivity contribution in [3.05, 3.63) is 57.0 Å². The zero-order valence-corrected chi connectivity index (χ0v) is 14.0. The predicted molar refractivity (Wildman–Crippen MR) is 83.8 cm³/mol. The van der Waals surface area contributed by atoms with E-state index in [0.717, 1.165) is 10.0 Å². The number of benzene rings is 2. The maximum atomic E-state index is 12.3. The molecule has 2 rings (SSSR count). The summed E-state index contributed by atoms with van der Waals surface area (Å²) in [5.74, 6) is 0. The molecule has 2 aromatic carbocycles. The second-order valence-corrected chi connectivity index (χ2v) is 7.42. The maximum absolute atomic E-state index is 12.3. The molecule has 0 aliphatic carbocycles. The van der Waals surface area contributed by atoms with Gasteiger partial charge in [0, 0.05) is 8.95 Å². The summed E-state index contributed by atoms with van der Waals surface area (Å²) in [5.41, 5.74) is 1.46. The van der Waals surface area contributed by atoms with E-state index in [1.165, 1.54) is 0 Å². The Morgan fingerprint density at radius 2 is 1.74 bits per heavy atom. The maximum Gasteiger partial charge on any atom is 0.263 e. The average molecular weight is 405 g/mol. The van der Waals surface area contributed by atoms with Crippen LogP contribution in [0, 0.1) is 6.92 Å². The van der Waals surface area contributed by atoms with Crippen LogP contribution in [0.15, 0.2) is 56.3 Å². The summed E-state index contributed by atoms with van der Waals surface area (Å²) >= 11 is 6.56. The molecule has 19 heavy (non-hydrogen) atoms. The van der Waals surface area contributed by atoms with Crippen molar-refractivity contribution in [1.29, 1.82) is 0 Å². The molecule has 0 heterocycles. The quantitative estimate of drug-likeness (QED) is 0.827. The highest BCUT2D eigenvalue weighted by molar-refractivity contribution is 9.11. The lowest BCUT2D eigenvalue weighted by atomic mass is 10.2. The van der Waals surface area contributed by atoms with Crippen LogP contribution in [0.3, 0.4) is 0 Å². The SMILES string of the molecule is Cc1ccccc1NS(=O)(=O)c1ccc(Br)cc1Br. The molecule has 0 amide bonds. The van der Waals surface area contributed by atoms with E-state index >= 15 is 0 Å². The van der Waals surface area contributed by atoms with Gasteiger partial charge in [-0.25, -0.2) is 8.42 Å². The minimum Gasteiger partial charge on any atom is -0.279 e. The fourth-order valence-corrected chi connectivity index (χ4v) is 4.46. The van der Waals surface area contributed by atoms with Crippen molar-refractivity contribution in [2.75, 3.05) is 4.72 Å². The Balaban J connectivity index is 2.41. The zero-order valence-electron chi connectivity index (χ0n) is 10.0. The summed E-state index contributed by atoms with van der Waals surface area (Å²) in [4.78, 5) is 0.207. The lowest BCUT2D eigenvalue weighted by molar-refractivity contribution is 0.600. The first-order valence-corrected chi connectivity index (χ1v) is 8.50. The molecule has 0 bridgehead atoms. The van der Waals surface area contributed by atoms with Crippen molar-refractivity contribution in [2.45, 2.75) is 11.8 Å². The van der Waals surface area contributed by atoms with Crippen LogP contribution in [0.25, 0.3) is 0 Å². The van der Waals surface area contributed by atoms with E-state index in [-0.39, 0.29) is 4.90 Å². The van der Waals surface area contributed by atoms with Gasteiger partial charge in [0.25, 0.3) is 10.0 Å². The molecule has 2 aromatic rings. The van der Waals surface area contributed by atoms with E-state index in [1.807, 2.05) is 19.1 Å². The molecule has 0 aliphatic rings. The van der Waals surface area contributed by atoms with Gasteiger partial charge in [0.05, 0.1) is 5.69 Å². The van der Waals surface area contributed by atoms with Crippen LogP contribution in [0.5, 0.6) is 0 Å². The molecular formula is C13H11Br2NO2S. The third kappa shape index (κ3) is 3.38. The van der Waals surface area contributed by atoms with Crippen molar-refractivity contribution < 1.29 is 8.42 Å². The number of halogens is 2. The molecule has 1 N–H and O–H groups in total. The first kappa shape index (κ1) is 14.6. The van der Waals surface area contributed by atoms with Crippen LogP contribution in [0.4, 0.5) is 5.69 Å². The van der Waals surface area contributed by atoms with Crippen LogP contribution in [-0.4, -0.2) is 8.42 Å². The molecule has 3 nitrogen and oxygen atoms in total. The Labute approximate surface area is 129 Å². The molecule has 0 atom stereocenters. The van der Waals surface area contributed by atoms with E-state index < -0.39 is 10.0 Å². The molecular weight excluding hydrogens is 394 g/mol. The lowest BCUT2D eigenvalue weighted by Crippen LogP contribution is -2.14. The highest BCUT2D eigenvalue weighted by atomic mass is 79.9. The van der Waals surface area contributed by atoms with Gasteiger partial charge in [0.15, 0.2) is 0 Å². The zero-order chi connectivity index (χ0) is 14.0. The Kier molecular flexibility index (Phi) is 4.32. The van der Waals surface area contributed by atoms with Crippen LogP contribution < -0.4 is 4.72 Å². The molecule has 0 fully saturated rings. The van der Waals surface area contributed by atoms with E-state index in [4.69, 9.17) is 0 Å². The Morgan fingerprint density at radius 3 is 2.37 bits per heavy atom. The number of nitrogens with one attached hydrogen (secondary N) is 1. The summed E-state index contributed by atoms with van der Waals surface area (Å²) in [6.45, 7) is 1.86. The molecule has 100 valence electrons. The number of hydrogen-bond acceptors (Lipinski definition) is 2. The first-order chi connectivity index (χ1) is 8.90. The molecule has 0 aliphatic heterocycles. The van der Waals surface area contributed by atoms with Crippen LogP contribution in [-0.2, 0) is 10.0 Å². The second kappa shape index (κ2) is 5.64. The van der Waals surface area contributed by atoms with Gasteiger partial charge in [-0.1, -0.05) is 34.1 Å². The minimum atomic E-state index is -3.60. The number of anilines is 1. The second-order valence-electron chi connectivity index (χ2n) is 4.00. The third-order valence-electron chi connectivity index (χ3n) is 2.57. The van der Waals surface area contributed by atoms with Gasteiger partial charge in [-0.05, 0) is 52.7 Å². The van der Waals surface area contributed by atoms with E-state index in [0.29, 0.717) is 10.2 Å². The number of aryl methyl sites for hydroxylation is 1. The van der Waals surface area contributed by atoms with Crippen molar-refractivity contribution in [1.82, 2.24) is 0 Å². The van der Waals surface area contributed by atoms with Gasteiger partial charge in [-0.15, -0.1) is 0 Å². The highest BCUT2D eigenvalue weighted by Gasteiger charge is 2.18. The van der Waals surface area contributed by atoms with E-state index in [9.17, 15) is 8.42 Å². The van der Waals surface area contributed by atoms with E-state index in [2.05, 4.69) is 36.6 Å². The van der Waals surface area contributed by atoms with Crippen LogP contribution >= 0.6 is 31.9 Å². The monoisotopic (exact) mass is 403 g/mol. The predicted octanol–water partition coefficient (Wildman–Crippen LogP) is 4.32. The van der Waals surface area contributed by atoms with Gasteiger partial charge in [0.2, 0.25) is 0 Å². The van der Waals surface area contributed by atoms with Gasteiger partial charge in [-0.2, -0.15) is 0 Å². The van der Waals surface area contributed by atoms with Gasteiger partial charge >= 0.3 is 0 Å². The number of hydrogen-bond donors (Lipinski definition) is 1. The third-order valence-corrected chi connectivity index (χ3v) is 5.41. The van der Waals surface area contributed by atoms with Crippen LogP contribution in [0.1, 0.15) is 5.56 Å². The van der Waals surface area contributed by atoms with E-state index in [1.54, 1.807) is 30.3 Å². The highest BCUT2D eigenvalue weighted by Crippen LogP contribution is 2.27. The van der Waals surface area contributed by atoms with Gasteiger partial charge in [-0.3, -0.25) is 4.72 Å². The fraction of sp³-hybridized carbons (Fsp3) is 0.0769. The number of para-hydroxylation sites is 1. The summed E-state index contributed by atoms with van der Waals surface area (Å²) in [5, 5.41) is 0. The molecule has 0 saturated carbocycles. The summed E-state index contributed by atoms with van der Waals surface area (Å²) < 4.78 is 28.6. The Hall–Kier alpha value is -0.850. The lowest BCUT2D eigenvalue weighted by Gasteiger charge is -2.11. The van der Waals surface area contributed by atoms with Gasteiger partial charge in [0.1, 0.15) is 4.90 Å². The smallest absolute Gasteiger partial charge is 0.263 e. The van der Waals surface area contributed by atoms with Crippen LogP contribution in [0.2, 0.25) is 0 Å². The normalized spacial score (nSPS) is 11.3. The number of sulfonamides is 1. The summed E-state index contributed by atoms with van der Waals surface area (Å²) in [7, 11) is -3.60. The molecule has 0 aromatic heterocycles. The molecule has 0 radical (unpaired) electrons. The van der Waals surface area contributed by atoms with Crippen molar-refractivity contribution in [2.24, 2.45) is 0 Å². The molecule has 0 unspecified atom stereocenters. The molecule has 0 saturated heterocycles. The Morgan fingerprint density at radius 1 is 1.05 bits per heavy atom. The van der Waals surface area contributed by atoms with Crippen molar-refractivity contribution in [3.63, 3.8) is 0 Å². The standard InChI is InChI=1S/C13H11Br2NO2S/c1-9-4-2-3-5-12(9)16-19(17,18)13-7-6-10(14)8-11(13)15/h2-8,16H,1H3. The largest absolute Gasteiger partial charge is 0.279 e. The van der Waals surface area contributed by atoms with Crippen molar-refractivity contribution >= 4 is 47.6 Å². The summed E-state index contributed by atoms with van der Waals surface area (Å²) in [6, 6.07) is 12.2. The topological polar surface area (TPSA) is 46.2 Å². The van der Waals surface area contributed by atoms with Crippen molar-refractivity contribution in [3.8, 4) is 0 Å². The minimum absolute atomic E-state index is 0.207. The summed E-state index contributed by atoms with van der Waals surface area (Å²) in [6.07, 6.45) is 0. The van der Waals surface area contributed by atoms with Gasteiger partial charge < -0.3 is 0 Å². The first-order valence-electron chi connectivity index (χ1n) is 5.43. The Bertz CT molecular complexity index is 714. The average Bonchev–Trinajstić information content (AvgIpc) is 2.31.